The van der Waals surface area contributed by atoms with Crippen molar-refractivity contribution in [3.8, 4) is 22.5 Å². The zero-order valence-corrected chi connectivity index (χ0v) is 15.1. The lowest BCUT2D eigenvalue weighted by atomic mass is 9.98. The summed E-state index contributed by atoms with van der Waals surface area (Å²) >= 11 is 0. The summed E-state index contributed by atoms with van der Waals surface area (Å²) < 4.78 is 7.25. The molecule has 28 heavy (non-hydrogen) atoms. The van der Waals surface area contributed by atoms with E-state index < -0.39 is 5.60 Å². The molecule has 4 aromatic rings. The van der Waals surface area contributed by atoms with Gasteiger partial charge in [-0.05, 0) is 6.07 Å². The van der Waals surface area contributed by atoms with Crippen LogP contribution in [0.1, 0.15) is 12.2 Å². The largest absolute Gasteiger partial charge is 0.373 e. The zero-order valence-electron chi connectivity index (χ0n) is 15.1. The number of aromatic nitrogens is 4. The lowest BCUT2D eigenvalue weighted by Gasteiger charge is -2.16. The highest BCUT2D eigenvalue weighted by Gasteiger charge is 2.48. The molecule has 8 nitrogen and oxygen atoms in total. The molecule has 8 heteroatoms. The van der Waals surface area contributed by atoms with E-state index in [-0.39, 0.29) is 18.1 Å². The number of nitrogens with zero attached hydrogens (tertiary/aromatic N) is 5. The molecule has 4 heterocycles. The first-order valence-corrected chi connectivity index (χ1v) is 8.89. The summed E-state index contributed by atoms with van der Waals surface area (Å²) in [7, 11) is 1.66. The molecule has 1 amide bonds. The van der Waals surface area contributed by atoms with Crippen LogP contribution in [0.25, 0.3) is 28.2 Å². The van der Waals surface area contributed by atoms with Crippen molar-refractivity contribution < 1.29 is 14.4 Å². The van der Waals surface area contributed by atoms with Crippen molar-refractivity contribution in [3.05, 3.63) is 60.9 Å². The number of amides is 1. The van der Waals surface area contributed by atoms with Crippen molar-refractivity contribution in [3.63, 3.8) is 0 Å². The van der Waals surface area contributed by atoms with Crippen molar-refractivity contribution in [2.75, 3.05) is 13.6 Å². The molecule has 140 valence electrons. The number of benzene rings is 1. The summed E-state index contributed by atoms with van der Waals surface area (Å²) in [6.45, 7) is 0.475. The minimum atomic E-state index is -1.65. The fraction of sp³-hybridized carbons (Fsp3) is 0.200. The average molecular weight is 375 g/mol. The number of imidazole rings is 1. The lowest BCUT2D eigenvalue weighted by Crippen LogP contribution is -2.35. The Balaban J connectivity index is 1.50. The Kier molecular flexibility index (Phi) is 3.56. The zero-order chi connectivity index (χ0) is 19.3. The Bertz CT molecular complexity index is 1200. The molecule has 5 rings (SSSR count). The van der Waals surface area contributed by atoms with Gasteiger partial charge >= 0.3 is 0 Å². The number of aliphatic hydroxyl groups is 1. The highest BCUT2D eigenvalue weighted by molar-refractivity contribution is 5.87. The molecule has 0 spiro atoms. The van der Waals surface area contributed by atoms with E-state index >= 15 is 0 Å². The van der Waals surface area contributed by atoms with Gasteiger partial charge in [-0.1, -0.05) is 23.4 Å². The van der Waals surface area contributed by atoms with E-state index in [4.69, 9.17) is 4.52 Å². The van der Waals surface area contributed by atoms with Crippen molar-refractivity contribution in [2.24, 2.45) is 0 Å². The number of hydrogen-bond acceptors (Lipinski definition) is 6. The Hall–Kier alpha value is -3.52. The Labute approximate surface area is 160 Å². The van der Waals surface area contributed by atoms with E-state index in [9.17, 15) is 9.90 Å². The van der Waals surface area contributed by atoms with Gasteiger partial charge in [0.2, 0.25) is 5.60 Å². The first-order valence-electron chi connectivity index (χ1n) is 8.89. The van der Waals surface area contributed by atoms with Crippen LogP contribution in [0.4, 0.5) is 0 Å². The topological polar surface area (TPSA) is 96.8 Å². The second-order valence-corrected chi connectivity index (χ2v) is 6.96. The van der Waals surface area contributed by atoms with Crippen LogP contribution in [-0.4, -0.2) is 49.0 Å². The van der Waals surface area contributed by atoms with Gasteiger partial charge in [0.1, 0.15) is 5.69 Å². The summed E-state index contributed by atoms with van der Waals surface area (Å²) in [6, 6.07) is 9.33. The maximum absolute atomic E-state index is 12.3. The number of likely N-dealkylation sites (N-methyl/N-ethyl adjacent to an activating group) is 1. The first kappa shape index (κ1) is 16.6. The smallest absolute Gasteiger partial charge is 0.262 e. The fourth-order valence-electron chi connectivity index (χ4n) is 3.50. The molecule has 1 aliphatic heterocycles. The van der Waals surface area contributed by atoms with E-state index in [0.29, 0.717) is 12.2 Å². The van der Waals surface area contributed by atoms with Gasteiger partial charge in [-0.25, -0.2) is 4.98 Å². The number of hydrogen-bond donors (Lipinski definition) is 1. The molecule has 1 N–H and O–H groups in total. The summed E-state index contributed by atoms with van der Waals surface area (Å²) in [5.41, 5.74) is 2.20. The van der Waals surface area contributed by atoms with Gasteiger partial charge in [-0.2, -0.15) is 0 Å². The average Bonchev–Trinajstić information content (AvgIpc) is 3.45. The van der Waals surface area contributed by atoms with Gasteiger partial charge in [-0.3, -0.25) is 9.78 Å². The molecule has 1 aromatic carbocycles. The predicted octanol–water partition coefficient (Wildman–Crippen LogP) is 2.10. The predicted molar refractivity (Wildman–Crippen MR) is 100 cm³/mol. The van der Waals surface area contributed by atoms with E-state index in [2.05, 4.69) is 15.1 Å². The van der Waals surface area contributed by atoms with E-state index in [1.54, 1.807) is 25.5 Å². The molecule has 0 radical (unpaired) electrons. The molecule has 0 saturated carbocycles. The van der Waals surface area contributed by atoms with Crippen LogP contribution >= 0.6 is 0 Å². The molecule has 0 aliphatic carbocycles. The standard InChI is InChI=1S/C20H17N5O3/c1-24-7-5-20(27,19(24)26)17-10-15(23-28-17)13-3-2-4-14(9-13)16-12-25-8-6-21-18(25)11-22-16/h2-4,6,8-12,27H,5,7H2,1H3/t20-/m1/s1. The van der Waals surface area contributed by atoms with E-state index in [1.807, 2.05) is 41.1 Å². The van der Waals surface area contributed by atoms with E-state index in [1.165, 1.54) is 4.90 Å². The molecule has 0 bridgehead atoms. The number of carbonyl (C=O) groups is 1. The monoisotopic (exact) mass is 375 g/mol. The minimum Gasteiger partial charge on any atom is -0.373 e. The first-order chi connectivity index (χ1) is 13.5. The molecule has 1 aliphatic rings. The van der Waals surface area contributed by atoms with Gasteiger partial charge in [0.25, 0.3) is 5.91 Å². The molecular weight excluding hydrogens is 358 g/mol. The van der Waals surface area contributed by atoms with Gasteiger partial charge in [-0.15, -0.1) is 0 Å². The second-order valence-electron chi connectivity index (χ2n) is 6.96. The maximum Gasteiger partial charge on any atom is 0.262 e. The summed E-state index contributed by atoms with van der Waals surface area (Å²) in [4.78, 5) is 22.4. The quantitative estimate of drug-likeness (QED) is 0.589. The third kappa shape index (κ3) is 2.49. The normalized spacial score (nSPS) is 19.6. The van der Waals surface area contributed by atoms with Gasteiger partial charge < -0.3 is 18.9 Å². The molecule has 1 saturated heterocycles. The van der Waals surface area contributed by atoms with Gasteiger partial charge in [0.05, 0.1) is 11.9 Å². The third-order valence-corrected chi connectivity index (χ3v) is 5.16. The molecule has 3 aromatic heterocycles. The van der Waals surface area contributed by atoms with Crippen LogP contribution in [-0.2, 0) is 10.4 Å². The summed E-state index contributed by atoms with van der Waals surface area (Å²) in [5, 5.41) is 14.8. The Morgan fingerprint density at radius 1 is 1.18 bits per heavy atom. The third-order valence-electron chi connectivity index (χ3n) is 5.16. The van der Waals surface area contributed by atoms with Crippen molar-refractivity contribution in [1.82, 2.24) is 24.4 Å². The Morgan fingerprint density at radius 3 is 2.79 bits per heavy atom. The molecule has 1 fully saturated rings. The van der Waals surface area contributed by atoms with Gasteiger partial charge in [0.15, 0.2) is 11.4 Å². The lowest BCUT2D eigenvalue weighted by molar-refractivity contribution is -0.144. The molecule has 0 unspecified atom stereocenters. The second kappa shape index (κ2) is 6.00. The van der Waals surface area contributed by atoms with Crippen LogP contribution in [0.15, 0.2) is 59.6 Å². The van der Waals surface area contributed by atoms with Crippen molar-refractivity contribution in [1.29, 1.82) is 0 Å². The fourth-order valence-corrected chi connectivity index (χ4v) is 3.50. The highest BCUT2D eigenvalue weighted by atomic mass is 16.5. The van der Waals surface area contributed by atoms with Crippen molar-refractivity contribution in [2.45, 2.75) is 12.0 Å². The Morgan fingerprint density at radius 2 is 2.00 bits per heavy atom. The number of fused-ring (bicyclic) bond motifs is 1. The molecule has 1 atom stereocenters. The summed E-state index contributed by atoms with van der Waals surface area (Å²) in [6.07, 6.45) is 7.50. The highest BCUT2D eigenvalue weighted by Crippen LogP contribution is 2.35. The van der Waals surface area contributed by atoms with Crippen molar-refractivity contribution >= 4 is 11.6 Å². The van der Waals surface area contributed by atoms with Crippen LogP contribution in [0.2, 0.25) is 0 Å². The van der Waals surface area contributed by atoms with Crippen LogP contribution in [0.3, 0.4) is 0 Å². The number of carbonyl (C=O) groups excluding carboxylic acids is 1. The van der Waals surface area contributed by atoms with Gasteiger partial charge in [0, 0.05) is 55.8 Å². The van der Waals surface area contributed by atoms with Crippen LogP contribution in [0.5, 0.6) is 0 Å². The SMILES string of the molecule is CN1CC[C@@](O)(c2cc(-c3cccc(-c4cn5ccnc5cn4)c3)no2)C1=O. The van der Waals surface area contributed by atoms with Crippen LogP contribution < -0.4 is 0 Å². The number of rotatable bonds is 3. The molecular formula is C20H17N5O3. The summed E-state index contributed by atoms with van der Waals surface area (Å²) in [5.74, 6) is -0.206. The minimum absolute atomic E-state index is 0.167. The maximum atomic E-state index is 12.3. The number of likely N-dealkylation sites (tertiary alicyclic amines) is 1. The van der Waals surface area contributed by atoms with Crippen LogP contribution in [0, 0.1) is 0 Å². The van der Waals surface area contributed by atoms with E-state index in [0.717, 1.165) is 22.5 Å².